The molecule has 1 heterocycles. The van der Waals surface area contributed by atoms with E-state index in [-0.39, 0.29) is 11.8 Å². The van der Waals surface area contributed by atoms with Crippen molar-refractivity contribution < 1.29 is 4.79 Å². The number of nitrogens with one attached hydrogen (secondary N) is 2. The van der Waals surface area contributed by atoms with Crippen LogP contribution in [0.15, 0.2) is 0 Å². The Bertz CT molecular complexity index is 226. The molecule has 0 bridgehead atoms. The molecule has 0 aromatic rings. The molecule has 3 atom stereocenters. The smallest absolute Gasteiger partial charge is 0.224 e. The van der Waals surface area contributed by atoms with Crippen LogP contribution in [0.5, 0.6) is 0 Å². The Kier molecular flexibility index (Phi) is 5.26. The summed E-state index contributed by atoms with van der Waals surface area (Å²) < 4.78 is 0. The summed E-state index contributed by atoms with van der Waals surface area (Å²) in [6.07, 6.45) is 3.25. The molecule has 0 aromatic heterocycles. The lowest BCUT2D eigenvalue weighted by molar-refractivity contribution is -0.126. The minimum Gasteiger partial charge on any atom is -0.353 e. The lowest BCUT2D eigenvalue weighted by Crippen LogP contribution is -2.43. The number of hydrogen-bond donors (Lipinski definition) is 2. The Hall–Kier alpha value is -0.570. The topological polar surface area (TPSA) is 41.1 Å². The van der Waals surface area contributed by atoms with Crippen molar-refractivity contribution in [3.63, 3.8) is 0 Å². The van der Waals surface area contributed by atoms with Crippen molar-refractivity contribution in [3.8, 4) is 0 Å². The van der Waals surface area contributed by atoms with Crippen molar-refractivity contribution in [1.29, 1.82) is 0 Å². The number of rotatable bonds is 5. The first-order chi connectivity index (χ1) is 7.60. The second kappa shape index (κ2) is 6.24. The molecule has 0 aliphatic carbocycles. The van der Waals surface area contributed by atoms with Gasteiger partial charge in [0.25, 0.3) is 0 Å². The van der Waals surface area contributed by atoms with Gasteiger partial charge in [0.1, 0.15) is 0 Å². The lowest BCUT2D eigenvalue weighted by atomic mass is 9.94. The Morgan fingerprint density at radius 3 is 2.50 bits per heavy atom. The van der Waals surface area contributed by atoms with E-state index in [2.05, 4.69) is 38.3 Å². The molecule has 0 spiro atoms. The van der Waals surface area contributed by atoms with Gasteiger partial charge in [-0.1, -0.05) is 26.7 Å². The molecule has 3 nitrogen and oxygen atoms in total. The maximum absolute atomic E-state index is 12.1. The number of amides is 1. The third kappa shape index (κ3) is 3.21. The van der Waals surface area contributed by atoms with Crippen molar-refractivity contribution in [2.24, 2.45) is 11.8 Å². The molecule has 2 N–H and O–H groups in total. The number of carbonyl (C=O) groups is 1. The van der Waals surface area contributed by atoms with E-state index in [1.165, 1.54) is 0 Å². The largest absolute Gasteiger partial charge is 0.353 e. The summed E-state index contributed by atoms with van der Waals surface area (Å²) in [4.78, 5) is 12.1. The average molecular weight is 226 g/mol. The average Bonchev–Trinajstić information content (AvgIpc) is 2.66. The van der Waals surface area contributed by atoms with E-state index in [9.17, 15) is 4.79 Å². The van der Waals surface area contributed by atoms with Crippen LogP contribution in [0, 0.1) is 11.8 Å². The summed E-state index contributed by atoms with van der Waals surface area (Å²) in [7, 11) is 0. The molecule has 1 amide bonds. The van der Waals surface area contributed by atoms with Crippen molar-refractivity contribution >= 4 is 5.91 Å². The molecule has 1 fully saturated rings. The van der Waals surface area contributed by atoms with Gasteiger partial charge in [-0.05, 0) is 32.7 Å². The van der Waals surface area contributed by atoms with Crippen LogP contribution in [0.3, 0.4) is 0 Å². The normalized spacial score (nSPS) is 27.1. The van der Waals surface area contributed by atoms with Gasteiger partial charge in [-0.15, -0.1) is 0 Å². The Labute approximate surface area is 99.4 Å². The van der Waals surface area contributed by atoms with E-state index >= 15 is 0 Å². The van der Waals surface area contributed by atoms with Crippen LogP contribution in [0.1, 0.15) is 47.0 Å². The van der Waals surface area contributed by atoms with Gasteiger partial charge in [-0.2, -0.15) is 0 Å². The third-order valence-corrected chi connectivity index (χ3v) is 3.99. The fourth-order valence-electron chi connectivity index (χ4n) is 2.66. The Morgan fingerprint density at radius 2 is 2.06 bits per heavy atom. The fourth-order valence-corrected chi connectivity index (χ4v) is 2.66. The van der Waals surface area contributed by atoms with E-state index < -0.39 is 0 Å². The van der Waals surface area contributed by atoms with Crippen molar-refractivity contribution in [1.82, 2.24) is 10.6 Å². The van der Waals surface area contributed by atoms with Gasteiger partial charge in [0.15, 0.2) is 0 Å². The molecule has 1 saturated heterocycles. The zero-order valence-electron chi connectivity index (χ0n) is 11.0. The van der Waals surface area contributed by atoms with E-state index in [0.717, 1.165) is 25.8 Å². The first-order valence-electron chi connectivity index (χ1n) is 6.63. The SMILES string of the molecule is CCC(CC)C(C)NC(=O)C1CCNC1C. The minimum atomic E-state index is 0.164. The fraction of sp³-hybridized carbons (Fsp3) is 0.923. The molecular formula is C13H26N2O. The highest BCUT2D eigenvalue weighted by atomic mass is 16.2. The highest BCUT2D eigenvalue weighted by Gasteiger charge is 2.30. The zero-order chi connectivity index (χ0) is 12.1. The predicted octanol–water partition coefficient (Wildman–Crippen LogP) is 1.93. The van der Waals surface area contributed by atoms with Crippen molar-refractivity contribution in [2.45, 2.75) is 59.0 Å². The van der Waals surface area contributed by atoms with Crippen LogP contribution in [0.25, 0.3) is 0 Å². The van der Waals surface area contributed by atoms with E-state index in [0.29, 0.717) is 18.0 Å². The summed E-state index contributed by atoms with van der Waals surface area (Å²) >= 11 is 0. The molecule has 0 aromatic carbocycles. The predicted molar refractivity (Wildman–Crippen MR) is 67.2 cm³/mol. The van der Waals surface area contributed by atoms with Crippen LogP contribution >= 0.6 is 0 Å². The summed E-state index contributed by atoms with van der Waals surface area (Å²) in [5.74, 6) is 1.00. The van der Waals surface area contributed by atoms with Crippen LogP contribution < -0.4 is 10.6 Å². The standard InChI is InChI=1S/C13H26N2O/c1-5-11(6-2)9(3)15-13(16)12-7-8-14-10(12)4/h9-12,14H,5-8H2,1-4H3,(H,15,16). The third-order valence-electron chi connectivity index (χ3n) is 3.99. The maximum Gasteiger partial charge on any atom is 0.224 e. The second-order valence-corrected chi connectivity index (χ2v) is 5.01. The Morgan fingerprint density at radius 1 is 1.44 bits per heavy atom. The lowest BCUT2D eigenvalue weighted by Gasteiger charge is -2.25. The quantitative estimate of drug-likeness (QED) is 0.752. The molecule has 0 radical (unpaired) electrons. The summed E-state index contributed by atoms with van der Waals surface area (Å²) in [6, 6.07) is 0.629. The highest BCUT2D eigenvalue weighted by molar-refractivity contribution is 5.80. The first kappa shape index (κ1) is 13.5. The summed E-state index contributed by atoms with van der Waals surface area (Å²) in [6.45, 7) is 9.58. The van der Waals surface area contributed by atoms with Gasteiger partial charge in [0.2, 0.25) is 5.91 Å². The highest BCUT2D eigenvalue weighted by Crippen LogP contribution is 2.17. The van der Waals surface area contributed by atoms with Crippen LogP contribution in [0.2, 0.25) is 0 Å². The molecule has 3 unspecified atom stereocenters. The molecule has 16 heavy (non-hydrogen) atoms. The Balaban J connectivity index is 2.44. The van der Waals surface area contributed by atoms with Crippen LogP contribution in [-0.4, -0.2) is 24.5 Å². The molecule has 1 aliphatic heterocycles. The second-order valence-electron chi connectivity index (χ2n) is 5.01. The summed E-state index contributed by atoms with van der Waals surface area (Å²) in [5.41, 5.74) is 0. The van der Waals surface area contributed by atoms with E-state index in [1.807, 2.05) is 0 Å². The van der Waals surface area contributed by atoms with Gasteiger partial charge >= 0.3 is 0 Å². The van der Waals surface area contributed by atoms with E-state index in [1.54, 1.807) is 0 Å². The summed E-state index contributed by atoms with van der Waals surface area (Å²) in [5, 5.41) is 6.50. The van der Waals surface area contributed by atoms with Gasteiger partial charge in [0, 0.05) is 12.1 Å². The van der Waals surface area contributed by atoms with Gasteiger partial charge in [0.05, 0.1) is 5.92 Å². The number of carbonyl (C=O) groups excluding carboxylic acids is 1. The zero-order valence-corrected chi connectivity index (χ0v) is 11.0. The minimum absolute atomic E-state index is 0.164. The van der Waals surface area contributed by atoms with Crippen LogP contribution in [0.4, 0.5) is 0 Å². The van der Waals surface area contributed by atoms with Crippen molar-refractivity contribution in [2.75, 3.05) is 6.54 Å². The van der Waals surface area contributed by atoms with Crippen LogP contribution in [-0.2, 0) is 4.79 Å². The molecule has 1 rings (SSSR count). The van der Waals surface area contributed by atoms with E-state index in [4.69, 9.17) is 0 Å². The molecular weight excluding hydrogens is 200 g/mol. The van der Waals surface area contributed by atoms with Gasteiger partial charge in [-0.25, -0.2) is 0 Å². The van der Waals surface area contributed by atoms with Gasteiger partial charge < -0.3 is 10.6 Å². The molecule has 3 heteroatoms. The van der Waals surface area contributed by atoms with Gasteiger partial charge in [-0.3, -0.25) is 4.79 Å². The molecule has 0 saturated carbocycles. The monoisotopic (exact) mass is 226 g/mol. The number of hydrogen-bond acceptors (Lipinski definition) is 2. The van der Waals surface area contributed by atoms with Crippen molar-refractivity contribution in [3.05, 3.63) is 0 Å². The molecule has 94 valence electrons. The maximum atomic E-state index is 12.1. The molecule has 1 aliphatic rings. The first-order valence-corrected chi connectivity index (χ1v) is 6.63.